The van der Waals surface area contributed by atoms with Gasteiger partial charge in [-0.15, -0.1) is 0 Å². The van der Waals surface area contributed by atoms with Crippen LogP contribution in [0.1, 0.15) is 105 Å². The first kappa shape index (κ1) is 17.3. The molecule has 0 amide bonds. The summed E-state index contributed by atoms with van der Waals surface area (Å²) >= 11 is 0. The molecule has 0 aromatic heterocycles. The van der Waals surface area contributed by atoms with E-state index < -0.39 is 0 Å². The van der Waals surface area contributed by atoms with Crippen molar-refractivity contribution in [2.75, 3.05) is 0 Å². The molecule has 0 aliphatic heterocycles. The van der Waals surface area contributed by atoms with Crippen LogP contribution in [0.25, 0.3) is 0 Å². The molecule has 0 spiro atoms. The molecule has 1 heteroatoms. The van der Waals surface area contributed by atoms with Crippen molar-refractivity contribution in [1.82, 2.24) is 5.32 Å². The molecule has 0 aromatic carbocycles. The van der Waals surface area contributed by atoms with Crippen LogP contribution in [0.15, 0.2) is 0 Å². The minimum Gasteiger partial charge on any atom is -0.311 e. The topological polar surface area (TPSA) is 12.0 Å². The zero-order chi connectivity index (χ0) is 15.3. The first-order valence-corrected chi connectivity index (χ1v) is 9.87. The number of nitrogens with one attached hydrogen (secondary N) is 1. The highest BCUT2D eigenvalue weighted by Crippen LogP contribution is 2.44. The van der Waals surface area contributed by atoms with Crippen molar-refractivity contribution >= 4 is 0 Å². The average Bonchev–Trinajstić information content (AvgIpc) is 2.57. The lowest BCUT2D eigenvalue weighted by Crippen LogP contribution is -2.45. The molecule has 0 heterocycles. The molecule has 0 bridgehead atoms. The highest BCUT2D eigenvalue weighted by molar-refractivity contribution is 4.91. The summed E-state index contributed by atoms with van der Waals surface area (Å²) in [6, 6.07) is 1.63. The first-order chi connectivity index (χ1) is 10.1. The fourth-order valence-corrected chi connectivity index (χ4v) is 5.04. The Morgan fingerprint density at radius 1 is 0.619 bits per heavy atom. The Kier molecular flexibility index (Phi) is 6.17. The van der Waals surface area contributed by atoms with E-state index in [1.54, 1.807) is 0 Å². The zero-order valence-corrected chi connectivity index (χ0v) is 15.1. The van der Waals surface area contributed by atoms with E-state index in [1.807, 2.05) is 0 Å². The van der Waals surface area contributed by atoms with E-state index in [9.17, 15) is 0 Å². The van der Waals surface area contributed by atoms with E-state index in [-0.39, 0.29) is 0 Å². The highest BCUT2D eigenvalue weighted by Gasteiger charge is 2.35. The molecule has 2 saturated carbocycles. The van der Waals surface area contributed by atoms with E-state index in [2.05, 4.69) is 33.0 Å². The van der Waals surface area contributed by atoms with Gasteiger partial charge in [0.2, 0.25) is 0 Å². The summed E-state index contributed by atoms with van der Waals surface area (Å²) in [6.45, 7) is 9.59. The van der Waals surface area contributed by atoms with E-state index in [1.165, 1.54) is 77.0 Å². The Labute approximate surface area is 133 Å². The summed E-state index contributed by atoms with van der Waals surface area (Å²) in [5, 5.41) is 4.03. The van der Waals surface area contributed by atoms with E-state index in [0.717, 1.165) is 12.1 Å². The summed E-state index contributed by atoms with van der Waals surface area (Å²) < 4.78 is 0. The van der Waals surface area contributed by atoms with Crippen molar-refractivity contribution in [1.29, 1.82) is 0 Å². The van der Waals surface area contributed by atoms with Crippen LogP contribution in [0.3, 0.4) is 0 Å². The molecule has 2 rings (SSSR count). The Morgan fingerprint density at radius 3 is 1.14 bits per heavy atom. The SMILES string of the molecule is CCC1(CC)CCC(NC2CCC(CC)(CC)CC2)CC1. The molecule has 124 valence electrons. The fourth-order valence-electron chi connectivity index (χ4n) is 5.04. The van der Waals surface area contributed by atoms with Crippen molar-refractivity contribution in [3.05, 3.63) is 0 Å². The normalized spacial score (nSPS) is 26.9. The maximum absolute atomic E-state index is 4.03. The van der Waals surface area contributed by atoms with Crippen LogP contribution < -0.4 is 5.32 Å². The second-order valence-corrected chi connectivity index (χ2v) is 8.13. The molecule has 1 nitrogen and oxygen atoms in total. The molecule has 0 atom stereocenters. The molecule has 0 unspecified atom stereocenters. The third-order valence-electron chi connectivity index (χ3n) is 7.56. The zero-order valence-electron chi connectivity index (χ0n) is 15.1. The van der Waals surface area contributed by atoms with Crippen molar-refractivity contribution in [3.8, 4) is 0 Å². The lowest BCUT2D eigenvalue weighted by Gasteiger charge is -2.43. The Bertz CT molecular complexity index is 251. The third-order valence-corrected chi connectivity index (χ3v) is 7.56. The number of rotatable bonds is 6. The molecule has 2 fully saturated rings. The monoisotopic (exact) mass is 293 g/mol. The van der Waals surface area contributed by atoms with Crippen LogP contribution in [-0.2, 0) is 0 Å². The predicted molar refractivity (Wildman–Crippen MR) is 93.7 cm³/mol. The van der Waals surface area contributed by atoms with E-state index in [4.69, 9.17) is 0 Å². The Balaban J connectivity index is 1.75. The van der Waals surface area contributed by atoms with Gasteiger partial charge in [0.05, 0.1) is 0 Å². The van der Waals surface area contributed by atoms with Gasteiger partial charge >= 0.3 is 0 Å². The largest absolute Gasteiger partial charge is 0.311 e. The van der Waals surface area contributed by atoms with Crippen molar-refractivity contribution in [3.63, 3.8) is 0 Å². The maximum Gasteiger partial charge on any atom is 0.00700 e. The van der Waals surface area contributed by atoms with Crippen molar-refractivity contribution in [2.24, 2.45) is 10.8 Å². The van der Waals surface area contributed by atoms with Gasteiger partial charge in [-0.1, -0.05) is 53.4 Å². The highest BCUT2D eigenvalue weighted by atomic mass is 15.0. The summed E-state index contributed by atoms with van der Waals surface area (Å²) in [5.74, 6) is 0. The number of hydrogen-bond donors (Lipinski definition) is 1. The van der Waals surface area contributed by atoms with Gasteiger partial charge in [0.25, 0.3) is 0 Å². The van der Waals surface area contributed by atoms with Crippen LogP contribution in [0.4, 0.5) is 0 Å². The summed E-state index contributed by atoms with van der Waals surface area (Å²) in [4.78, 5) is 0. The smallest absolute Gasteiger partial charge is 0.00700 e. The molecular formula is C20H39N. The second-order valence-electron chi connectivity index (χ2n) is 8.13. The molecule has 0 aromatic rings. The van der Waals surface area contributed by atoms with Crippen molar-refractivity contribution < 1.29 is 0 Å². The lowest BCUT2D eigenvalue weighted by atomic mass is 9.68. The summed E-state index contributed by atoms with van der Waals surface area (Å²) in [5.41, 5.74) is 1.37. The van der Waals surface area contributed by atoms with Gasteiger partial charge in [-0.25, -0.2) is 0 Å². The van der Waals surface area contributed by atoms with Crippen LogP contribution in [0.5, 0.6) is 0 Å². The van der Waals surface area contributed by atoms with Crippen LogP contribution >= 0.6 is 0 Å². The van der Waals surface area contributed by atoms with E-state index >= 15 is 0 Å². The molecule has 0 saturated heterocycles. The predicted octanol–water partition coefficient (Wildman–Crippen LogP) is 6.07. The molecule has 2 aliphatic rings. The van der Waals surface area contributed by atoms with Crippen LogP contribution in [0.2, 0.25) is 0 Å². The minimum atomic E-state index is 0.685. The van der Waals surface area contributed by atoms with E-state index in [0.29, 0.717) is 10.8 Å². The average molecular weight is 294 g/mol. The molecule has 21 heavy (non-hydrogen) atoms. The molecule has 0 radical (unpaired) electrons. The number of hydrogen-bond acceptors (Lipinski definition) is 1. The van der Waals surface area contributed by atoms with Gasteiger partial charge in [-0.2, -0.15) is 0 Å². The quantitative estimate of drug-likeness (QED) is 0.626. The molecule has 1 N–H and O–H groups in total. The molecular weight excluding hydrogens is 254 g/mol. The Hall–Kier alpha value is -0.0400. The maximum atomic E-state index is 4.03. The summed E-state index contributed by atoms with van der Waals surface area (Å²) in [7, 11) is 0. The third kappa shape index (κ3) is 4.03. The van der Waals surface area contributed by atoms with Gasteiger partial charge in [-0.3, -0.25) is 0 Å². The van der Waals surface area contributed by atoms with Gasteiger partial charge < -0.3 is 5.32 Å². The minimum absolute atomic E-state index is 0.685. The Morgan fingerprint density at radius 2 is 0.905 bits per heavy atom. The van der Waals surface area contributed by atoms with Gasteiger partial charge in [0.15, 0.2) is 0 Å². The van der Waals surface area contributed by atoms with Crippen LogP contribution in [0, 0.1) is 10.8 Å². The van der Waals surface area contributed by atoms with Gasteiger partial charge in [-0.05, 0) is 62.2 Å². The van der Waals surface area contributed by atoms with Crippen molar-refractivity contribution in [2.45, 2.75) is 117 Å². The lowest BCUT2D eigenvalue weighted by molar-refractivity contribution is 0.116. The van der Waals surface area contributed by atoms with Crippen LogP contribution in [-0.4, -0.2) is 12.1 Å². The van der Waals surface area contributed by atoms with Gasteiger partial charge in [0.1, 0.15) is 0 Å². The standard InChI is InChI=1S/C20H39N/c1-5-19(6-2)13-9-17(10-14-19)21-18-11-15-20(7-3,8-4)16-12-18/h17-18,21H,5-16H2,1-4H3. The first-order valence-electron chi connectivity index (χ1n) is 9.87. The fraction of sp³-hybridized carbons (Fsp3) is 1.00. The summed E-state index contributed by atoms with van der Waals surface area (Å²) in [6.07, 6.45) is 17.0. The molecule has 2 aliphatic carbocycles. The second kappa shape index (κ2) is 7.49. The van der Waals surface area contributed by atoms with Gasteiger partial charge in [0, 0.05) is 12.1 Å².